The third-order valence-electron chi connectivity index (χ3n) is 1.62. The van der Waals surface area contributed by atoms with E-state index in [1.165, 1.54) is 0 Å². The van der Waals surface area contributed by atoms with Crippen LogP contribution < -0.4 is 17.2 Å². The molecular formula is C9H13N5. The first-order valence-electron chi connectivity index (χ1n) is 4.08. The predicted octanol–water partition coefficient (Wildman–Crippen LogP) is 0.266. The van der Waals surface area contributed by atoms with Gasteiger partial charge in [-0.3, -0.25) is 0 Å². The summed E-state index contributed by atoms with van der Waals surface area (Å²) in [5.41, 5.74) is 18.2. The number of nitrogens with two attached hydrogens (primary N) is 3. The molecule has 0 amide bonds. The molecule has 0 atom stereocenters. The van der Waals surface area contributed by atoms with E-state index in [9.17, 15) is 0 Å². The van der Waals surface area contributed by atoms with Crippen LogP contribution in [0.3, 0.4) is 0 Å². The average molecular weight is 191 g/mol. The van der Waals surface area contributed by atoms with Crippen molar-refractivity contribution in [2.45, 2.75) is 6.92 Å². The summed E-state index contributed by atoms with van der Waals surface area (Å²) in [6, 6.07) is 7.34. The van der Waals surface area contributed by atoms with Crippen molar-refractivity contribution in [2.75, 3.05) is 5.73 Å². The van der Waals surface area contributed by atoms with Crippen molar-refractivity contribution in [1.29, 1.82) is 0 Å². The largest absolute Gasteiger partial charge is 0.399 e. The number of nitrogens with zero attached hydrogens (tertiary/aromatic N) is 2. The minimum absolute atomic E-state index is 0.0618. The van der Waals surface area contributed by atoms with Crippen LogP contribution in [-0.4, -0.2) is 11.7 Å². The summed E-state index contributed by atoms with van der Waals surface area (Å²) in [6.45, 7) is 1.81. The number of rotatable bonds is 2. The van der Waals surface area contributed by atoms with Gasteiger partial charge < -0.3 is 17.2 Å². The Morgan fingerprint density at radius 2 is 1.93 bits per heavy atom. The third kappa shape index (κ3) is 2.78. The SMILES string of the molecule is C/C(=N\N=C(N)N)c1cccc(N)c1. The number of nitrogen functional groups attached to an aromatic ring is 1. The zero-order chi connectivity index (χ0) is 10.6. The lowest BCUT2D eigenvalue weighted by Gasteiger charge is -1.99. The van der Waals surface area contributed by atoms with Crippen molar-refractivity contribution < 1.29 is 0 Å². The second kappa shape index (κ2) is 4.27. The molecule has 1 aromatic carbocycles. The molecule has 0 aliphatic heterocycles. The van der Waals surface area contributed by atoms with Crippen molar-refractivity contribution >= 4 is 17.4 Å². The quantitative estimate of drug-likeness (QED) is 0.270. The second-order valence-corrected chi connectivity index (χ2v) is 2.84. The van der Waals surface area contributed by atoms with Crippen molar-refractivity contribution in [3.05, 3.63) is 29.8 Å². The fourth-order valence-electron chi connectivity index (χ4n) is 0.954. The fourth-order valence-corrected chi connectivity index (χ4v) is 0.954. The molecule has 1 aromatic rings. The molecule has 74 valence electrons. The van der Waals surface area contributed by atoms with Gasteiger partial charge in [0.05, 0.1) is 5.71 Å². The maximum atomic E-state index is 5.61. The van der Waals surface area contributed by atoms with Gasteiger partial charge in [-0.1, -0.05) is 12.1 Å². The summed E-state index contributed by atoms with van der Waals surface area (Å²) < 4.78 is 0. The third-order valence-corrected chi connectivity index (χ3v) is 1.62. The van der Waals surface area contributed by atoms with Gasteiger partial charge in [-0.25, -0.2) is 0 Å². The average Bonchev–Trinajstić information content (AvgIpc) is 2.14. The van der Waals surface area contributed by atoms with Gasteiger partial charge in [-0.15, -0.1) is 5.10 Å². The maximum absolute atomic E-state index is 5.61. The van der Waals surface area contributed by atoms with Crippen LogP contribution in [0.2, 0.25) is 0 Å². The highest BCUT2D eigenvalue weighted by molar-refractivity contribution is 5.99. The van der Waals surface area contributed by atoms with Crippen LogP contribution >= 0.6 is 0 Å². The first kappa shape index (κ1) is 10.0. The van der Waals surface area contributed by atoms with Gasteiger partial charge in [0.15, 0.2) is 0 Å². The van der Waals surface area contributed by atoms with Crippen LogP contribution in [0.1, 0.15) is 12.5 Å². The Morgan fingerprint density at radius 1 is 1.21 bits per heavy atom. The molecule has 0 saturated carbocycles. The summed E-state index contributed by atoms with van der Waals surface area (Å²) in [5, 5.41) is 7.38. The van der Waals surface area contributed by atoms with Crippen LogP contribution in [0.5, 0.6) is 0 Å². The first-order chi connectivity index (χ1) is 6.59. The molecule has 0 radical (unpaired) electrons. The van der Waals surface area contributed by atoms with E-state index in [4.69, 9.17) is 17.2 Å². The minimum Gasteiger partial charge on any atom is -0.399 e. The van der Waals surface area contributed by atoms with Gasteiger partial charge in [0, 0.05) is 5.69 Å². The predicted molar refractivity (Wildman–Crippen MR) is 58.9 cm³/mol. The fraction of sp³-hybridized carbons (Fsp3) is 0.111. The number of anilines is 1. The van der Waals surface area contributed by atoms with Crippen LogP contribution in [0.15, 0.2) is 34.5 Å². The Bertz CT molecular complexity index is 377. The molecule has 0 aliphatic rings. The Morgan fingerprint density at radius 3 is 2.50 bits per heavy atom. The normalized spacial score (nSPS) is 11.1. The summed E-state index contributed by atoms with van der Waals surface area (Å²) >= 11 is 0. The summed E-state index contributed by atoms with van der Waals surface area (Å²) in [5.74, 6) is -0.0618. The van der Waals surface area contributed by atoms with Crippen molar-refractivity contribution in [1.82, 2.24) is 0 Å². The van der Waals surface area contributed by atoms with Gasteiger partial charge in [-0.05, 0) is 24.6 Å². The van der Waals surface area contributed by atoms with E-state index in [-0.39, 0.29) is 5.96 Å². The van der Waals surface area contributed by atoms with Gasteiger partial charge >= 0.3 is 0 Å². The van der Waals surface area contributed by atoms with Crippen molar-refractivity contribution in [2.24, 2.45) is 21.7 Å². The van der Waals surface area contributed by atoms with Crippen LogP contribution in [0, 0.1) is 0 Å². The molecule has 5 heteroatoms. The number of guanidine groups is 1. The highest BCUT2D eigenvalue weighted by atomic mass is 15.3. The van der Waals surface area contributed by atoms with E-state index in [0.717, 1.165) is 5.56 Å². The Balaban J connectivity index is 2.95. The lowest BCUT2D eigenvalue weighted by atomic mass is 10.1. The Kier molecular flexibility index (Phi) is 3.06. The van der Waals surface area contributed by atoms with Gasteiger partial charge in [0.25, 0.3) is 0 Å². The number of hydrogen-bond acceptors (Lipinski definition) is 3. The number of hydrogen-bond donors (Lipinski definition) is 3. The van der Waals surface area contributed by atoms with E-state index in [2.05, 4.69) is 10.2 Å². The molecule has 0 aromatic heterocycles. The van der Waals surface area contributed by atoms with Crippen LogP contribution in [-0.2, 0) is 0 Å². The molecular weight excluding hydrogens is 178 g/mol. The van der Waals surface area contributed by atoms with Gasteiger partial charge in [0.1, 0.15) is 0 Å². The lowest BCUT2D eigenvalue weighted by molar-refractivity contribution is 1.20. The Labute approximate surface area is 82.3 Å². The monoisotopic (exact) mass is 191 g/mol. The zero-order valence-electron chi connectivity index (χ0n) is 7.94. The van der Waals surface area contributed by atoms with E-state index in [0.29, 0.717) is 11.4 Å². The molecule has 0 saturated heterocycles. The molecule has 1 rings (SSSR count). The van der Waals surface area contributed by atoms with Gasteiger partial charge in [-0.2, -0.15) is 5.10 Å². The highest BCUT2D eigenvalue weighted by Crippen LogP contribution is 2.07. The Hall–Kier alpha value is -2.04. The maximum Gasteiger partial charge on any atom is 0.211 e. The van der Waals surface area contributed by atoms with Crippen molar-refractivity contribution in [3.63, 3.8) is 0 Å². The second-order valence-electron chi connectivity index (χ2n) is 2.84. The molecule has 0 fully saturated rings. The topological polar surface area (TPSA) is 103 Å². The molecule has 14 heavy (non-hydrogen) atoms. The summed E-state index contributed by atoms with van der Waals surface area (Å²) in [7, 11) is 0. The highest BCUT2D eigenvalue weighted by Gasteiger charge is 1.96. The zero-order valence-corrected chi connectivity index (χ0v) is 7.94. The lowest BCUT2D eigenvalue weighted by Crippen LogP contribution is -2.22. The van der Waals surface area contributed by atoms with E-state index in [1.807, 2.05) is 12.1 Å². The van der Waals surface area contributed by atoms with Crippen molar-refractivity contribution in [3.8, 4) is 0 Å². The molecule has 6 N–H and O–H groups in total. The van der Waals surface area contributed by atoms with Gasteiger partial charge in [0.2, 0.25) is 5.96 Å². The molecule has 0 heterocycles. The smallest absolute Gasteiger partial charge is 0.211 e. The molecule has 5 nitrogen and oxygen atoms in total. The van der Waals surface area contributed by atoms with E-state index < -0.39 is 0 Å². The first-order valence-corrected chi connectivity index (χ1v) is 4.08. The summed E-state index contributed by atoms with van der Waals surface area (Å²) in [6.07, 6.45) is 0. The van der Waals surface area contributed by atoms with E-state index in [1.54, 1.807) is 19.1 Å². The molecule has 0 aliphatic carbocycles. The number of benzene rings is 1. The minimum atomic E-state index is -0.0618. The van der Waals surface area contributed by atoms with Crippen LogP contribution in [0.4, 0.5) is 5.69 Å². The molecule has 0 bridgehead atoms. The van der Waals surface area contributed by atoms with Crippen LogP contribution in [0.25, 0.3) is 0 Å². The van der Waals surface area contributed by atoms with E-state index >= 15 is 0 Å². The standard InChI is InChI=1S/C9H13N5/c1-6(13-14-9(11)12)7-3-2-4-8(10)5-7/h2-5H,10H2,1H3,(H4,11,12,14)/b13-6+. The molecule has 0 unspecified atom stereocenters. The summed E-state index contributed by atoms with van der Waals surface area (Å²) in [4.78, 5) is 0. The molecule has 0 spiro atoms.